The monoisotopic (exact) mass is 709 g/mol. The van der Waals surface area contributed by atoms with E-state index in [2.05, 4.69) is 12.2 Å². The van der Waals surface area contributed by atoms with Gasteiger partial charge in [0.05, 0.1) is 32.0 Å². The Bertz CT molecular complexity index is 852. The average molecular weight is 710 g/mol. The van der Waals surface area contributed by atoms with Crippen LogP contribution in [-0.4, -0.2) is 140 Å². The minimum atomic E-state index is -1.77. The SMILES string of the molecule is CCCCCCCCCCCCCCCCC(O)C(COC1OC(CO)C(OC2OC(CO)C(O)C(O)C2O)C(O)C1O)NC(=O)CCC. The number of rotatable bonds is 26. The van der Waals surface area contributed by atoms with Crippen molar-refractivity contribution in [3.63, 3.8) is 0 Å². The quantitative estimate of drug-likeness (QED) is 0.0575. The lowest BCUT2D eigenvalue weighted by atomic mass is 9.97. The molecule has 0 spiro atoms. The molecule has 0 bridgehead atoms. The molecule has 2 heterocycles. The minimum absolute atomic E-state index is 0.250. The largest absolute Gasteiger partial charge is 0.394 e. The number of carbonyl (C=O) groups is 1. The van der Waals surface area contributed by atoms with Crippen LogP contribution in [0.4, 0.5) is 0 Å². The summed E-state index contributed by atoms with van der Waals surface area (Å²) in [6.45, 7) is 2.45. The van der Waals surface area contributed by atoms with Crippen molar-refractivity contribution in [2.75, 3.05) is 19.8 Å². The number of hydrogen-bond acceptors (Lipinski definition) is 13. The van der Waals surface area contributed by atoms with E-state index in [4.69, 9.17) is 18.9 Å². The van der Waals surface area contributed by atoms with Gasteiger partial charge in [0, 0.05) is 6.42 Å². The van der Waals surface area contributed by atoms with Crippen LogP contribution in [0.5, 0.6) is 0 Å². The second-order valence-corrected chi connectivity index (χ2v) is 13.7. The van der Waals surface area contributed by atoms with E-state index >= 15 is 0 Å². The molecule has 14 nitrogen and oxygen atoms in total. The van der Waals surface area contributed by atoms with Crippen LogP contribution < -0.4 is 5.32 Å². The number of aliphatic hydroxyl groups is 8. The average Bonchev–Trinajstić information content (AvgIpc) is 3.09. The van der Waals surface area contributed by atoms with E-state index in [1.54, 1.807) is 0 Å². The third kappa shape index (κ3) is 15.2. The molecule has 0 saturated carbocycles. The van der Waals surface area contributed by atoms with E-state index < -0.39 is 86.8 Å². The Hall–Kier alpha value is -1.01. The van der Waals surface area contributed by atoms with Gasteiger partial charge in [0.1, 0.15) is 48.8 Å². The maximum absolute atomic E-state index is 12.4. The van der Waals surface area contributed by atoms with Gasteiger partial charge in [-0.1, -0.05) is 104 Å². The van der Waals surface area contributed by atoms with Gasteiger partial charge >= 0.3 is 0 Å². The number of hydrogen-bond donors (Lipinski definition) is 9. The molecule has 0 aromatic rings. The smallest absolute Gasteiger partial charge is 0.220 e. The molecule has 49 heavy (non-hydrogen) atoms. The van der Waals surface area contributed by atoms with Crippen molar-refractivity contribution in [2.45, 2.75) is 197 Å². The first kappa shape index (κ1) is 44.2. The fourth-order valence-electron chi connectivity index (χ4n) is 6.40. The van der Waals surface area contributed by atoms with Gasteiger partial charge in [-0.25, -0.2) is 0 Å². The summed E-state index contributed by atoms with van der Waals surface area (Å²) in [7, 11) is 0. The number of ether oxygens (including phenoxy) is 4. The highest BCUT2D eigenvalue weighted by atomic mass is 16.7. The zero-order chi connectivity index (χ0) is 36.2. The fraction of sp³-hybridized carbons (Fsp3) is 0.971. The summed E-state index contributed by atoms with van der Waals surface area (Å²) in [6, 6.07) is -0.815. The van der Waals surface area contributed by atoms with Gasteiger partial charge in [0.2, 0.25) is 5.91 Å². The van der Waals surface area contributed by atoms with Gasteiger partial charge in [-0.2, -0.15) is 0 Å². The molecule has 12 unspecified atom stereocenters. The third-order valence-corrected chi connectivity index (χ3v) is 9.54. The van der Waals surface area contributed by atoms with E-state index in [1.807, 2.05) is 6.92 Å². The Morgan fingerprint density at radius 2 is 1.16 bits per heavy atom. The Balaban J connectivity index is 1.82. The first-order valence-electron chi connectivity index (χ1n) is 18.8. The topological polar surface area (TPSA) is 228 Å². The summed E-state index contributed by atoms with van der Waals surface area (Å²) in [5.41, 5.74) is 0. The third-order valence-electron chi connectivity index (χ3n) is 9.54. The van der Waals surface area contributed by atoms with Crippen LogP contribution in [0.25, 0.3) is 0 Å². The van der Waals surface area contributed by atoms with E-state index in [1.165, 1.54) is 64.2 Å². The van der Waals surface area contributed by atoms with E-state index in [0.29, 0.717) is 12.8 Å². The van der Waals surface area contributed by atoms with Crippen LogP contribution in [-0.2, 0) is 23.7 Å². The number of carbonyl (C=O) groups excluding carboxylic acids is 1. The van der Waals surface area contributed by atoms with Gasteiger partial charge in [0.25, 0.3) is 0 Å². The molecule has 1 amide bonds. The van der Waals surface area contributed by atoms with Gasteiger partial charge in [0.15, 0.2) is 12.6 Å². The van der Waals surface area contributed by atoms with Crippen LogP contribution in [0.2, 0.25) is 0 Å². The predicted octanol–water partition coefficient (Wildman–Crippen LogP) is 1.14. The first-order valence-corrected chi connectivity index (χ1v) is 18.8. The lowest BCUT2D eigenvalue weighted by molar-refractivity contribution is -0.359. The second-order valence-electron chi connectivity index (χ2n) is 13.7. The van der Waals surface area contributed by atoms with Gasteiger partial charge in [-0.05, 0) is 12.8 Å². The molecule has 2 aliphatic rings. The number of aliphatic hydroxyl groups excluding tert-OH is 8. The van der Waals surface area contributed by atoms with Crippen molar-refractivity contribution in [3.8, 4) is 0 Å². The molecule has 12 atom stereocenters. The van der Waals surface area contributed by atoms with Gasteiger partial charge < -0.3 is 65.1 Å². The van der Waals surface area contributed by atoms with E-state index in [0.717, 1.165) is 25.7 Å². The van der Waals surface area contributed by atoms with Crippen molar-refractivity contribution in [1.82, 2.24) is 5.32 Å². The van der Waals surface area contributed by atoms with Crippen LogP contribution >= 0.6 is 0 Å². The highest BCUT2D eigenvalue weighted by Crippen LogP contribution is 2.30. The molecule has 2 rings (SSSR count). The van der Waals surface area contributed by atoms with Crippen LogP contribution in [0.1, 0.15) is 123 Å². The summed E-state index contributed by atoms with van der Waals surface area (Å²) < 4.78 is 22.3. The summed E-state index contributed by atoms with van der Waals surface area (Å²) >= 11 is 0. The van der Waals surface area contributed by atoms with Crippen molar-refractivity contribution in [2.24, 2.45) is 0 Å². The molecule has 0 radical (unpaired) electrons. The number of unbranched alkanes of at least 4 members (excludes halogenated alkanes) is 13. The zero-order valence-electron chi connectivity index (χ0n) is 29.7. The molecule has 2 saturated heterocycles. The standard InChI is InChI=1S/C35H67NO13/c1-3-5-6-7-8-9-10-11-12-13-14-15-16-17-19-24(39)23(36-27(40)18-4-2)22-46-34-32(45)30(43)33(26(21-38)48-34)49-35-31(44)29(42)28(41)25(20-37)47-35/h23-26,28-35,37-39,41-45H,3-22H2,1-2H3,(H,36,40). The summed E-state index contributed by atoms with van der Waals surface area (Å²) in [6.07, 6.45) is 1.67. The molecule has 2 fully saturated rings. The van der Waals surface area contributed by atoms with Gasteiger partial charge in [-0.15, -0.1) is 0 Å². The van der Waals surface area contributed by atoms with Gasteiger partial charge in [-0.3, -0.25) is 4.79 Å². The highest BCUT2D eigenvalue weighted by Gasteiger charge is 2.50. The summed E-state index contributed by atoms with van der Waals surface area (Å²) in [4.78, 5) is 12.4. The number of amides is 1. The molecular weight excluding hydrogens is 642 g/mol. The molecule has 9 N–H and O–H groups in total. The first-order chi connectivity index (χ1) is 23.6. The van der Waals surface area contributed by atoms with Crippen LogP contribution in [0.3, 0.4) is 0 Å². The molecule has 290 valence electrons. The Morgan fingerprint density at radius 3 is 1.69 bits per heavy atom. The highest BCUT2D eigenvalue weighted by molar-refractivity contribution is 5.76. The van der Waals surface area contributed by atoms with Crippen molar-refractivity contribution in [3.05, 3.63) is 0 Å². The van der Waals surface area contributed by atoms with Crippen LogP contribution in [0.15, 0.2) is 0 Å². The maximum Gasteiger partial charge on any atom is 0.220 e. The van der Waals surface area contributed by atoms with E-state index in [9.17, 15) is 45.6 Å². The second kappa shape index (κ2) is 25.0. The normalized spacial score (nSPS) is 31.8. The van der Waals surface area contributed by atoms with Crippen molar-refractivity contribution >= 4 is 5.91 Å². The predicted molar refractivity (Wildman–Crippen MR) is 180 cm³/mol. The zero-order valence-corrected chi connectivity index (χ0v) is 29.7. The lowest BCUT2D eigenvalue weighted by Crippen LogP contribution is -2.65. The summed E-state index contributed by atoms with van der Waals surface area (Å²) in [5, 5.41) is 85.3. The molecule has 0 aliphatic carbocycles. The lowest BCUT2D eigenvalue weighted by Gasteiger charge is -2.46. The molecular formula is C35H67NO13. The Kier molecular flexibility index (Phi) is 22.6. The molecule has 14 heteroatoms. The van der Waals surface area contributed by atoms with Crippen molar-refractivity contribution in [1.29, 1.82) is 0 Å². The Morgan fingerprint density at radius 1 is 0.653 bits per heavy atom. The number of nitrogens with one attached hydrogen (secondary N) is 1. The minimum Gasteiger partial charge on any atom is -0.394 e. The molecule has 0 aromatic heterocycles. The van der Waals surface area contributed by atoms with E-state index in [-0.39, 0.29) is 18.9 Å². The molecule has 2 aliphatic heterocycles. The van der Waals surface area contributed by atoms with Crippen LogP contribution in [0, 0.1) is 0 Å². The fourth-order valence-corrected chi connectivity index (χ4v) is 6.40. The Labute approximate surface area is 292 Å². The van der Waals surface area contributed by atoms with Crippen molar-refractivity contribution < 1.29 is 64.6 Å². The summed E-state index contributed by atoms with van der Waals surface area (Å²) in [5.74, 6) is -0.262. The maximum atomic E-state index is 12.4. The molecule has 0 aromatic carbocycles.